The molecule has 98 valence electrons. The molecule has 5 nitrogen and oxygen atoms in total. The van der Waals surface area contributed by atoms with Crippen molar-refractivity contribution >= 4 is 16.8 Å². The van der Waals surface area contributed by atoms with Gasteiger partial charge in [0.1, 0.15) is 0 Å². The van der Waals surface area contributed by atoms with Gasteiger partial charge in [-0.05, 0) is 18.1 Å². The lowest BCUT2D eigenvalue weighted by Crippen LogP contribution is -2.22. The molecule has 0 saturated heterocycles. The average Bonchev–Trinajstić information content (AvgIpc) is 2.68. The number of rotatable bonds is 5. The molecule has 1 atom stereocenters. The second-order valence-electron chi connectivity index (χ2n) is 4.79. The van der Waals surface area contributed by atoms with E-state index in [-0.39, 0.29) is 12.5 Å². The zero-order chi connectivity index (χ0) is 13.1. The largest absolute Gasteiger partial charge is 0.417 e. The quantitative estimate of drug-likeness (QED) is 0.756. The molecule has 1 heterocycles. The number of fused-ring (bicyclic) bond motifs is 1. The summed E-state index contributed by atoms with van der Waals surface area (Å²) in [4.78, 5) is 13.6. The molecule has 5 heteroatoms. The normalized spacial score (nSPS) is 13.1. The lowest BCUT2D eigenvalue weighted by molar-refractivity contribution is 0.198. The highest BCUT2D eigenvalue weighted by molar-refractivity contribution is 5.76. The van der Waals surface area contributed by atoms with Crippen molar-refractivity contribution in [1.29, 1.82) is 0 Å². The molecule has 2 rings (SSSR count). The van der Waals surface area contributed by atoms with Crippen LogP contribution in [0.25, 0.3) is 11.1 Å². The van der Waals surface area contributed by atoms with Crippen LogP contribution in [0.3, 0.4) is 0 Å². The van der Waals surface area contributed by atoms with Gasteiger partial charge < -0.3 is 14.8 Å². The third-order valence-corrected chi connectivity index (χ3v) is 3.17. The van der Waals surface area contributed by atoms with Crippen LogP contribution in [0, 0.1) is 11.8 Å². The van der Waals surface area contributed by atoms with Crippen molar-refractivity contribution in [3.63, 3.8) is 0 Å². The maximum Gasteiger partial charge on any atom is 0.417 e. The fourth-order valence-corrected chi connectivity index (χ4v) is 1.82. The number of aromatic nitrogens is 1. The van der Waals surface area contributed by atoms with Crippen molar-refractivity contribution in [2.24, 2.45) is 11.8 Å². The fraction of sp³-hybridized carbons (Fsp3) is 0.462. The number of hydrogen-bond donors (Lipinski definition) is 3. The second-order valence-corrected chi connectivity index (χ2v) is 4.79. The van der Waals surface area contributed by atoms with E-state index in [1.165, 1.54) is 0 Å². The first-order valence-corrected chi connectivity index (χ1v) is 6.07. The predicted molar refractivity (Wildman–Crippen MR) is 70.7 cm³/mol. The van der Waals surface area contributed by atoms with Gasteiger partial charge in [0.15, 0.2) is 5.58 Å². The Bertz CT molecular complexity index is 571. The Morgan fingerprint density at radius 2 is 2.22 bits per heavy atom. The summed E-state index contributed by atoms with van der Waals surface area (Å²) in [6, 6.07) is 5.45. The molecule has 3 N–H and O–H groups in total. The van der Waals surface area contributed by atoms with E-state index in [9.17, 15) is 9.90 Å². The first kappa shape index (κ1) is 12.7. The highest BCUT2D eigenvalue weighted by atomic mass is 16.4. The number of aliphatic hydroxyl groups is 1. The van der Waals surface area contributed by atoms with Crippen molar-refractivity contribution in [2.45, 2.75) is 13.8 Å². The number of anilines is 1. The summed E-state index contributed by atoms with van der Waals surface area (Å²) in [6.07, 6.45) is 0. The standard InChI is InChI=1S/C13H18N2O3/c1-8(2)9(7-16)6-14-10-3-4-11-12(5-10)18-13(17)15-11/h3-5,8-9,14,16H,6-7H2,1-2H3,(H,15,17). The summed E-state index contributed by atoms with van der Waals surface area (Å²) in [7, 11) is 0. The Morgan fingerprint density at radius 1 is 1.44 bits per heavy atom. The number of oxazole rings is 1. The number of H-pyrrole nitrogens is 1. The van der Waals surface area contributed by atoms with E-state index in [4.69, 9.17) is 4.42 Å². The van der Waals surface area contributed by atoms with Crippen LogP contribution in [-0.2, 0) is 0 Å². The van der Waals surface area contributed by atoms with Gasteiger partial charge in [-0.15, -0.1) is 0 Å². The highest BCUT2D eigenvalue weighted by Crippen LogP contribution is 2.18. The third-order valence-electron chi connectivity index (χ3n) is 3.17. The lowest BCUT2D eigenvalue weighted by atomic mass is 9.97. The Morgan fingerprint density at radius 3 is 2.89 bits per heavy atom. The molecule has 18 heavy (non-hydrogen) atoms. The first-order valence-electron chi connectivity index (χ1n) is 6.07. The van der Waals surface area contributed by atoms with Gasteiger partial charge in [-0.2, -0.15) is 0 Å². The molecule has 0 radical (unpaired) electrons. The fourth-order valence-electron chi connectivity index (χ4n) is 1.82. The van der Waals surface area contributed by atoms with Crippen LogP contribution < -0.4 is 11.1 Å². The van der Waals surface area contributed by atoms with Crippen LogP contribution in [0.1, 0.15) is 13.8 Å². The average molecular weight is 250 g/mol. The number of aliphatic hydroxyl groups excluding tert-OH is 1. The molecule has 1 unspecified atom stereocenters. The molecular formula is C13H18N2O3. The van der Waals surface area contributed by atoms with E-state index in [1.54, 1.807) is 12.1 Å². The summed E-state index contributed by atoms with van der Waals surface area (Å²) < 4.78 is 4.99. The molecular weight excluding hydrogens is 232 g/mol. The van der Waals surface area contributed by atoms with E-state index in [0.29, 0.717) is 23.6 Å². The number of aromatic amines is 1. The van der Waals surface area contributed by atoms with Crippen molar-refractivity contribution in [3.8, 4) is 0 Å². The van der Waals surface area contributed by atoms with Gasteiger partial charge >= 0.3 is 5.76 Å². The minimum Gasteiger partial charge on any atom is -0.408 e. The van der Waals surface area contributed by atoms with E-state index in [2.05, 4.69) is 24.1 Å². The van der Waals surface area contributed by atoms with Gasteiger partial charge in [-0.25, -0.2) is 4.79 Å². The SMILES string of the molecule is CC(C)C(CO)CNc1ccc2[nH]c(=O)oc2c1. The van der Waals surface area contributed by atoms with E-state index >= 15 is 0 Å². The van der Waals surface area contributed by atoms with Crippen LogP contribution in [0.4, 0.5) is 5.69 Å². The van der Waals surface area contributed by atoms with Gasteiger partial charge in [-0.3, -0.25) is 4.98 Å². The predicted octanol–water partition coefficient (Wildman–Crippen LogP) is 1.80. The van der Waals surface area contributed by atoms with Gasteiger partial charge in [-0.1, -0.05) is 13.8 Å². The summed E-state index contributed by atoms with van der Waals surface area (Å²) in [6.45, 7) is 5.01. The number of benzene rings is 1. The summed E-state index contributed by atoms with van der Waals surface area (Å²) in [5, 5.41) is 12.5. The zero-order valence-corrected chi connectivity index (χ0v) is 10.6. The molecule has 1 aromatic carbocycles. The van der Waals surface area contributed by atoms with Crippen LogP contribution in [0.2, 0.25) is 0 Å². The van der Waals surface area contributed by atoms with Gasteiger partial charge in [0.05, 0.1) is 5.52 Å². The summed E-state index contributed by atoms with van der Waals surface area (Å²) >= 11 is 0. The van der Waals surface area contributed by atoms with Crippen molar-refractivity contribution in [3.05, 3.63) is 28.7 Å². The molecule has 0 amide bonds. The molecule has 0 spiro atoms. The van der Waals surface area contributed by atoms with Gasteiger partial charge in [0, 0.05) is 30.8 Å². The van der Waals surface area contributed by atoms with Gasteiger partial charge in [0.2, 0.25) is 0 Å². The minimum absolute atomic E-state index is 0.159. The Hall–Kier alpha value is -1.75. The second kappa shape index (κ2) is 5.27. The van der Waals surface area contributed by atoms with Crippen LogP contribution >= 0.6 is 0 Å². The molecule has 0 aliphatic carbocycles. The van der Waals surface area contributed by atoms with E-state index < -0.39 is 5.76 Å². The van der Waals surface area contributed by atoms with Crippen molar-refractivity contribution in [1.82, 2.24) is 4.98 Å². The smallest absolute Gasteiger partial charge is 0.408 e. The molecule has 1 aromatic heterocycles. The molecule has 2 aromatic rings. The minimum atomic E-state index is -0.447. The Kier molecular flexibility index (Phi) is 3.72. The third kappa shape index (κ3) is 2.73. The molecule has 0 bridgehead atoms. The first-order chi connectivity index (χ1) is 8.60. The molecule has 0 saturated carbocycles. The highest BCUT2D eigenvalue weighted by Gasteiger charge is 2.12. The van der Waals surface area contributed by atoms with E-state index in [1.807, 2.05) is 6.07 Å². The summed E-state index contributed by atoms with van der Waals surface area (Å²) in [5.74, 6) is 0.174. The van der Waals surface area contributed by atoms with Crippen LogP contribution in [0.15, 0.2) is 27.4 Å². The van der Waals surface area contributed by atoms with Crippen molar-refractivity contribution < 1.29 is 9.52 Å². The Balaban J connectivity index is 2.09. The van der Waals surface area contributed by atoms with Crippen molar-refractivity contribution in [2.75, 3.05) is 18.5 Å². The zero-order valence-electron chi connectivity index (χ0n) is 10.6. The van der Waals surface area contributed by atoms with E-state index in [0.717, 1.165) is 5.69 Å². The molecule has 0 fully saturated rings. The monoisotopic (exact) mass is 250 g/mol. The van der Waals surface area contributed by atoms with Gasteiger partial charge in [0.25, 0.3) is 0 Å². The number of nitrogens with one attached hydrogen (secondary N) is 2. The lowest BCUT2D eigenvalue weighted by Gasteiger charge is -2.19. The summed E-state index contributed by atoms with van der Waals surface area (Å²) in [5.41, 5.74) is 2.10. The molecule has 0 aliphatic heterocycles. The van der Waals surface area contributed by atoms with Crippen LogP contribution in [0.5, 0.6) is 0 Å². The number of hydrogen-bond acceptors (Lipinski definition) is 4. The van der Waals surface area contributed by atoms with Crippen LogP contribution in [-0.4, -0.2) is 23.2 Å². The maximum absolute atomic E-state index is 11.0. The molecule has 0 aliphatic rings. The Labute approximate surface area is 105 Å². The maximum atomic E-state index is 11.0. The topological polar surface area (TPSA) is 78.3 Å².